The zero-order valence-corrected chi connectivity index (χ0v) is 10.3. The molecule has 5 heteroatoms. The van der Waals surface area contributed by atoms with Crippen molar-refractivity contribution in [1.82, 2.24) is 14.6 Å². The van der Waals surface area contributed by atoms with Crippen LogP contribution < -0.4 is 5.73 Å². The number of fused-ring (bicyclic) bond motifs is 1. The fourth-order valence-corrected chi connectivity index (χ4v) is 2.00. The predicted octanol–water partition coefficient (Wildman–Crippen LogP) is 1.48. The van der Waals surface area contributed by atoms with Crippen LogP contribution in [0.5, 0.6) is 5.75 Å². The first kappa shape index (κ1) is 11.7. The van der Waals surface area contributed by atoms with Crippen LogP contribution in [-0.4, -0.2) is 19.7 Å². The molecule has 0 fully saturated rings. The summed E-state index contributed by atoms with van der Waals surface area (Å²) >= 11 is 0. The lowest BCUT2D eigenvalue weighted by molar-refractivity contribution is 0.469. The summed E-state index contributed by atoms with van der Waals surface area (Å²) in [5.41, 5.74) is 8.21. The smallest absolute Gasteiger partial charge is 0.156 e. The Morgan fingerprint density at radius 1 is 1.21 bits per heavy atom. The number of rotatable bonds is 3. The molecule has 0 aliphatic rings. The lowest BCUT2D eigenvalue weighted by Crippen LogP contribution is -1.97. The number of phenols is 1. The molecule has 96 valence electrons. The van der Waals surface area contributed by atoms with Crippen molar-refractivity contribution in [3.05, 3.63) is 59.5 Å². The van der Waals surface area contributed by atoms with Crippen molar-refractivity contribution < 1.29 is 5.11 Å². The van der Waals surface area contributed by atoms with Gasteiger partial charge in [-0.1, -0.05) is 18.2 Å². The Morgan fingerprint density at radius 3 is 2.84 bits per heavy atom. The Bertz CT molecular complexity index is 720. The van der Waals surface area contributed by atoms with E-state index in [4.69, 9.17) is 5.73 Å². The van der Waals surface area contributed by atoms with Gasteiger partial charge >= 0.3 is 0 Å². The standard InChI is InChI=1S/C14H14N4O/c15-9-10-5-6-18-14(7-10)16-13(17-18)8-11-3-1-2-4-12(11)19/h1-7,19H,8-9,15H2. The molecule has 0 bridgehead atoms. The predicted molar refractivity (Wildman–Crippen MR) is 71.8 cm³/mol. The minimum absolute atomic E-state index is 0.268. The largest absolute Gasteiger partial charge is 0.508 e. The molecule has 0 spiro atoms. The number of aromatic nitrogens is 3. The van der Waals surface area contributed by atoms with E-state index in [0.29, 0.717) is 18.8 Å². The zero-order valence-electron chi connectivity index (χ0n) is 10.3. The Morgan fingerprint density at radius 2 is 2.05 bits per heavy atom. The van der Waals surface area contributed by atoms with E-state index in [-0.39, 0.29) is 5.75 Å². The maximum absolute atomic E-state index is 9.75. The normalized spacial score (nSPS) is 11.0. The van der Waals surface area contributed by atoms with Gasteiger partial charge in [-0.2, -0.15) is 5.10 Å². The molecule has 2 aromatic heterocycles. The molecule has 0 unspecified atom stereocenters. The van der Waals surface area contributed by atoms with Crippen LogP contribution in [0.15, 0.2) is 42.6 Å². The average Bonchev–Trinajstić information content (AvgIpc) is 2.82. The second-order valence-corrected chi connectivity index (χ2v) is 4.38. The number of phenolic OH excluding ortho intramolecular Hbond substituents is 1. The van der Waals surface area contributed by atoms with Gasteiger partial charge in [-0.05, 0) is 23.8 Å². The van der Waals surface area contributed by atoms with Crippen molar-refractivity contribution in [3.8, 4) is 5.75 Å². The molecule has 19 heavy (non-hydrogen) atoms. The topological polar surface area (TPSA) is 76.4 Å². The fraction of sp³-hybridized carbons (Fsp3) is 0.143. The monoisotopic (exact) mass is 254 g/mol. The Balaban J connectivity index is 1.95. The number of pyridine rings is 1. The molecule has 3 rings (SSSR count). The Labute approximate surface area is 110 Å². The van der Waals surface area contributed by atoms with Gasteiger partial charge in [0.2, 0.25) is 0 Å². The number of benzene rings is 1. The first-order chi connectivity index (χ1) is 9.26. The number of hydrogen-bond donors (Lipinski definition) is 2. The van der Waals surface area contributed by atoms with Gasteiger partial charge < -0.3 is 10.8 Å². The minimum atomic E-state index is 0.268. The molecule has 2 heterocycles. The molecule has 0 atom stereocenters. The summed E-state index contributed by atoms with van der Waals surface area (Å²) < 4.78 is 1.72. The number of aromatic hydroxyl groups is 1. The summed E-state index contributed by atoms with van der Waals surface area (Å²) in [6.07, 6.45) is 2.35. The summed E-state index contributed by atoms with van der Waals surface area (Å²) in [5, 5.41) is 14.1. The van der Waals surface area contributed by atoms with E-state index in [1.165, 1.54) is 0 Å². The first-order valence-electron chi connectivity index (χ1n) is 6.07. The molecule has 5 nitrogen and oxygen atoms in total. The highest BCUT2D eigenvalue weighted by molar-refractivity contribution is 5.41. The molecular weight excluding hydrogens is 240 g/mol. The van der Waals surface area contributed by atoms with E-state index in [0.717, 1.165) is 16.8 Å². The summed E-state index contributed by atoms with van der Waals surface area (Å²) in [5.74, 6) is 0.944. The zero-order chi connectivity index (χ0) is 13.2. The number of para-hydroxylation sites is 1. The van der Waals surface area contributed by atoms with E-state index in [9.17, 15) is 5.11 Å². The lowest BCUT2D eigenvalue weighted by atomic mass is 10.1. The third-order valence-corrected chi connectivity index (χ3v) is 3.02. The summed E-state index contributed by atoms with van der Waals surface area (Å²) in [7, 11) is 0. The van der Waals surface area contributed by atoms with Gasteiger partial charge in [0.1, 0.15) is 5.75 Å². The van der Waals surface area contributed by atoms with Crippen LogP contribution in [0.3, 0.4) is 0 Å². The molecule has 1 aromatic carbocycles. The van der Waals surface area contributed by atoms with Crippen molar-refractivity contribution in [2.45, 2.75) is 13.0 Å². The maximum atomic E-state index is 9.75. The average molecular weight is 254 g/mol. The van der Waals surface area contributed by atoms with Crippen LogP contribution in [0.25, 0.3) is 5.65 Å². The maximum Gasteiger partial charge on any atom is 0.156 e. The number of nitrogens with two attached hydrogens (primary N) is 1. The van der Waals surface area contributed by atoms with Gasteiger partial charge in [-0.15, -0.1) is 0 Å². The second kappa shape index (κ2) is 4.70. The highest BCUT2D eigenvalue weighted by atomic mass is 16.3. The molecule has 3 N–H and O–H groups in total. The fourth-order valence-electron chi connectivity index (χ4n) is 2.00. The van der Waals surface area contributed by atoms with Crippen LogP contribution in [0, 0.1) is 0 Å². The third-order valence-electron chi connectivity index (χ3n) is 3.02. The summed E-state index contributed by atoms with van der Waals surface area (Å²) in [6, 6.07) is 11.1. The lowest BCUT2D eigenvalue weighted by Gasteiger charge is -1.99. The van der Waals surface area contributed by atoms with E-state index < -0.39 is 0 Å². The first-order valence-corrected chi connectivity index (χ1v) is 6.07. The Kier molecular flexibility index (Phi) is 2.89. The van der Waals surface area contributed by atoms with Gasteiger partial charge in [0, 0.05) is 24.7 Å². The molecule has 0 radical (unpaired) electrons. The van der Waals surface area contributed by atoms with Crippen molar-refractivity contribution in [2.75, 3.05) is 0 Å². The molecule has 0 saturated carbocycles. The van der Waals surface area contributed by atoms with Crippen molar-refractivity contribution >= 4 is 5.65 Å². The third kappa shape index (κ3) is 2.28. The number of hydrogen-bond acceptors (Lipinski definition) is 4. The quantitative estimate of drug-likeness (QED) is 0.742. The highest BCUT2D eigenvalue weighted by Gasteiger charge is 2.07. The van der Waals surface area contributed by atoms with Gasteiger partial charge in [-0.25, -0.2) is 9.50 Å². The summed E-state index contributed by atoms with van der Waals surface area (Å²) in [6.45, 7) is 0.484. The molecule has 3 aromatic rings. The number of nitrogens with zero attached hydrogens (tertiary/aromatic N) is 3. The van der Waals surface area contributed by atoms with Gasteiger partial charge in [0.15, 0.2) is 11.5 Å². The minimum Gasteiger partial charge on any atom is -0.508 e. The van der Waals surface area contributed by atoms with Gasteiger partial charge in [0.05, 0.1) is 0 Å². The van der Waals surface area contributed by atoms with E-state index in [1.807, 2.05) is 30.5 Å². The van der Waals surface area contributed by atoms with E-state index in [2.05, 4.69) is 10.1 Å². The van der Waals surface area contributed by atoms with Crippen molar-refractivity contribution in [2.24, 2.45) is 5.73 Å². The molecule has 0 saturated heterocycles. The van der Waals surface area contributed by atoms with Gasteiger partial charge in [-0.3, -0.25) is 0 Å². The van der Waals surface area contributed by atoms with Crippen molar-refractivity contribution in [3.63, 3.8) is 0 Å². The second-order valence-electron chi connectivity index (χ2n) is 4.38. The van der Waals surface area contributed by atoms with Crippen LogP contribution in [0.1, 0.15) is 17.0 Å². The van der Waals surface area contributed by atoms with Crippen LogP contribution >= 0.6 is 0 Å². The van der Waals surface area contributed by atoms with Gasteiger partial charge in [0.25, 0.3) is 0 Å². The van der Waals surface area contributed by atoms with E-state index >= 15 is 0 Å². The molecule has 0 amide bonds. The Hall–Kier alpha value is -2.40. The molecule has 0 aliphatic heterocycles. The van der Waals surface area contributed by atoms with Crippen molar-refractivity contribution in [1.29, 1.82) is 0 Å². The van der Waals surface area contributed by atoms with E-state index in [1.54, 1.807) is 16.6 Å². The van der Waals surface area contributed by atoms with Crippen LogP contribution in [-0.2, 0) is 13.0 Å². The molecule has 0 aliphatic carbocycles. The van der Waals surface area contributed by atoms with Crippen LogP contribution in [0.4, 0.5) is 0 Å². The molecular formula is C14H14N4O. The SMILES string of the molecule is NCc1ccn2nc(Cc3ccccc3O)nc2c1. The summed E-state index contributed by atoms with van der Waals surface area (Å²) in [4.78, 5) is 4.44. The van der Waals surface area contributed by atoms with Crippen LogP contribution in [0.2, 0.25) is 0 Å². The highest BCUT2D eigenvalue weighted by Crippen LogP contribution is 2.18.